The second-order valence-electron chi connectivity index (χ2n) is 5.54. The van der Waals surface area contributed by atoms with Crippen LogP contribution in [0.15, 0.2) is 77.7 Å². The van der Waals surface area contributed by atoms with Crippen molar-refractivity contribution in [3.05, 3.63) is 78.4 Å². The number of aliphatic carboxylic acids is 1. The number of rotatable bonds is 6. The van der Waals surface area contributed by atoms with Crippen LogP contribution in [-0.2, 0) is 11.2 Å². The monoisotopic (exact) mass is 322 g/mol. The average molecular weight is 322 g/mol. The van der Waals surface area contributed by atoms with E-state index in [4.69, 9.17) is 0 Å². The van der Waals surface area contributed by atoms with Crippen molar-refractivity contribution in [3.63, 3.8) is 0 Å². The van der Waals surface area contributed by atoms with Crippen LogP contribution in [0.25, 0.3) is 10.8 Å². The third-order valence-corrected chi connectivity index (χ3v) is 4.92. The van der Waals surface area contributed by atoms with Crippen molar-refractivity contribution in [2.24, 2.45) is 0 Å². The summed E-state index contributed by atoms with van der Waals surface area (Å²) in [4.78, 5) is 12.3. The summed E-state index contributed by atoms with van der Waals surface area (Å²) < 4.78 is 0. The predicted molar refractivity (Wildman–Crippen MR) is 96.0 cm³/mol. The zero-order valence-corrected chi connectivity index (χ0v) is 13.5. The number of fused-ring (bicyclic) bond motifs is 1. The molecule has 0 saturated heterocycles. The molecular formula is C20H18O2S. The van der Waals surface area contributed by atoms with Gasteiger partial charge < -0.3 is 5.11 Å². The van der Waals surface area contributed by atoms with Crippen LogP contribution in [-0.4, -0.2) is 16.3 Å². The molecule has 3 aromatic carbocycles. The van der Waals surface area contributed by atoms with Crippen molar-refractivity contribution in [2.45, 2.75) is 23.0 Å². The fourth-order valence-electron chi connectivity index (χ4n) is 2.66. The largest absolute Gasteiger partial charge is 0.481 e. The zero-order chi connectivity index (χ0) is 16.1. The highest BCUT2D eigenvalue weighted by molar-refractivity contribution is 8.00. The SMILES string of the molecule is O=C(O)CC(Cc1ccccc1)Sc1ccc2ccccc2c1. The maximum Gasteiger partial charge on any atom is 0.304 e. The number of thioether (sulfide) groups is 1. The Labute approximate surface area is 140 Å². The number of hydrogen-bond donors (Lipinski definition) is 1. The van der Waals surface area contributed by atoms with Gasteiger partial charge in [0.25, 0.3) is 0 Å². The van der Waals surface area contributed by atoms with Gasteiger partial charge in [-0.25, -0.2) is 0 Å². The molecule has 0 heterocycles. The second-order valence-corrected chi connectivity index (χ2v) is 6.91. The highest BCUT2D eigenvalue weighted by Gasteiger charge is 2.15. The topological polar surface area (TPSA) is 37.3 Å². The maximum absolute atomic E-state index is 11.2. The molecule has 0 aliphatic rings. The first-order valence-corrected chi connectivity index (χ1v) is 8.50. The molecule has 0 aliphatic heterocycles. The van der Waals surface area contributed by atoms with E-state index in [1.165, 1.54) is 16.3 Å². The smallest absolute Gasteiger partial charge is 0.304 e. The summed E-state index contributed by atoms with van der Waals surface area (Å²) in [5.41, 5.74) is 1.17. The predicted octanol–water partition coefficient (Wildman–Crippen LogP) is 5.02. The molecule has 0 fully saturated rings. The molecule has 3 aromatic rings. The molecule has 2 nitrogen and oxygen atoms in total. The normalized spacial score (nSPS) is 12.2. The summed E-state index contributed by atoms with van der Waals surface area (Å²) in [6.07, 6.45) is 0.914. The van der Waals surface area contributed by atoms with Crippen molar-refractivity contribution < 1.29 is 9.90 Å². The van der Waals surface area contributed by atoms with E-state index in [1.807, 2.05) is 30.3 Å². The lowest BCUT2D eigenvalue weighted by Crippen LogP contribution is -2.13. The molecule has 1 atom stereocenters. The lowest BCUT2D eigenvalue weighted by Gasteiger charge is -2.15. The van der Waals surface area contributed by atoms with Gasteiger partial charge in [-0.2, -0.15) is 0 Å². The first-order valence-electron chi connectivity index (χ1n) is 7.62. The van der Waals surface area contributed by atoms with Crippen molar-refractivity contribution >= 4 is 28.5 Å². The van der Waals surface area contributed by atoms with Gasteiger partial charge in [-0.1, -0.05) is 60.7 Å². The summed E-state index contributed by atoms with van der Waals surface area (Å²) in [7, 11) is 0. The van der Waals surface area contributed by atoms with E-state index in [0.29, 0.717) is 0 Å². The van der Waals surface area contributed by atoms with E-state index in [1.54, 1.807) is 11.8 Å². The highest BCUT2D eigenvalue weighted by atomic mass is 32.2. The lowest BCUT2D eigenvalue weighted by molar-refractivity contribution is -0.136. The molecule has 3 rings (SSSR count). The number of carboxylic acids is 1. The average Bonchev–Trinajstić information content (AvgIpc) is 2.55. The van der Waals surface area contributed by atoms with Gasteiger partial charge in [-0.05, 0) is 34.9 Å². The van der Waals surface area contributed by atoms with Crippen LogP contribution >= 0.6 is 11.8 Å². The fourth-order valence-corrected chi connectivity index (χ4v) is 3.89. The Bertz CT molecular complexity index is 799. The van der Waals surface area contributed by atoms with Gasteiger partial charge in [0.2, 0.25) is 0 Å². The van der Waals surface area contributed by atoms with Gasteiger partial charge in [0.15, 0.2) is 0 Å². The summed E-state index contributed by atoms with van der Waals surface area (Å²) in [6.45, 7) is 0. The third-order valence-electron chi connectivity index (χ3n) is 3.73. The van der Waals surface area contributed by atoms with Gasteiger partial charge in [0.1, 0.15) is 0 Å². The molecule has 0 saturated carbocycles. The van der Waals surface area contributed by atoms with Crippen LogP contribution in [0.2, 0.25) is 0 Å². The summed E-state index contributed by atoms with van der Waals surface area (Å²) >= 11 is 1.65. The van der Waals surface area contributed by atoms with Crippen molar-refractivity contribution in [1.29, 1.82) is 0 Å². The summed E-state index contributed by atoms with van der Waals surface area (Å²) in [5.74, 6) is -0.751. The van der Waals surface area contributed by atoms with Crippen molar-refractivity contribution in [1.82, 2.24) is 0 Å². The van der Waals surface area contributed by atoms with E-state index < -0.39 is 5.97 Å². The molecule has 0 aliphatic carbocycles. The molecule has 3 heteroatoms. The fraction of sp³-hybridized carbons (Fsp3) is 0.150. The van der Waals surface area contributed by atoms with E-state index >= 15 is 0 Å². The molecule has 0 aromatic heterocycles. The van der Waals surface area contributed by atoms with Crippen molar-refractivity contribution in [3.8, 4) is 0 Å². The van der Waals surface area contributed by atoms with Crippen LogP contribution in [0.4, 0.5) is 0 Å². The number of benzene rings is 3. The summed E-state index contributed by atoms with van der Waals surface area (Å²) in [5, 5.41) is 11.6. The first-order chi connectivity index (χ1) is 11.2. The highest BCUT2D eigenvalue weighted by Crippen LogP contribution is 2.30. The first kappa shape index (κ1) is 15.6. The molecule has 0 bridgehead atoms. The molecular weight excluding hydrogens is 304 g/mol. The Morgan fingerprint density at radius 3 is 2.35 bits per heavy atom. The molecule has 0 amide bonds. The van der Waals surface area contributed by atoms with Gasteiger partial charge in [-0.3, -0.25) is 4.79 Å². The van der Waals surface area contributed by atoms with Crippen LogP contribution in [0, 0.1) is 0 Å². The Morgan fingerprint density at radius 1 is 0.913 bits per heavy atom. The van der Waals surface area contributed by atoms with Crippen LogP contribution < -0.4 is 0 Å². The van der Waals surface area contributed by atoms with Crippen LogP contribution in [0.5, 0.6) is 0 Å². The number of carboxylic acid groups (broad SMARTS) is 1. The quantitative estimate of drug-likeness (QED) is 0.648. The van der Waals surface area contributed by atoms with E-state index in [-0.39, 0.29) is 11.7 Å². The standard InChI is InChI=1S/C20H18O2S/c21-20(22)14-19(12-15-6-2-1-3-7-15)23-18-11-10-16-8-4-5-9-17(16)13-18/h1-11,13,19H,12,14H2,(H,21,22). The summed E-state index contributed by atoms with van der Waals surface area (Å²) in [6, 6.07) is 24.6. The van der Waals surface area contributed by atoms with Crippen LogP contribution in [0.1, 0.15) is 12.0 Å². The van der Waals surface area contributed by atoms with E-state index in [2.05, 4.69) is 42.5 Å². The van der Waals surface area contributed by atoms with E-state index in [0.717, 1.165) is 11.3 Å². The lowest BCUT2D eigenvalue weighted by atomic mass is 10.1. The van der Waals surface area contributed by atoms with Gasteiger partial charge in [0, 0.05) is 10.1 Å². The number of carbonyl (C=O) groups is 1. The van der Waals surface area contributed by atoms with Gasteiger partial charge >= 0.3 is 5.97 Å². The van der Waals surface area contributed by atoms with Crippen molar-refractivity contribution in [2.75, 3.05) is 0 Å². The molecule has 1 N–H and O–H groups in total. The van der Waals surface area contributed by atoms with Crippen LogP contribution in [0.3, 0.4) is 0 Å². The van der Waals surface area contributed by atoms with Gasteiger partial charge in [0.05, 0.1) is 6.42 Å². The minimum atomic E-state index is -0.751. The molecule has 116 valence electrons. The molecule has 1 unspecified atom stereocenters. The molecule has 0 radical (unpaired) electrons. The van der Waals surface area contributed by atoms with E-state index in [9.17, 15) is 9.90 Å². The Hall–Kier alpha value is -2.26. The Morgan fingerprint density at radius 2 is 1.61 bits per heavy atom. The Kier molecular flexibility index (Phi) is 4.99. The minimum absolute atomic E-state index is 0.0241. The number of hydrogen-bond acceptors (Lipinski definition) is 2. The molecule has 23 heavy (non-hydrogen) atoms. The molecule has 0 spiro atoms. The second kappa shape index (κ2) is 7.34. The van der Waals surface area contributed by atoms with Gasteiger partial charge in [-0.15, -0.1) is 11.8 Å². The zero-order valence-electron chi connectivity index (χ0n) is 12.7. The maximum atomic E-state index is 11.2. The third kappa shape index (κ3) is 4.36. The minimum Gasteiger partial charge on any atom is -0.481 e. The Balaban J connectivity index is 1.80.